The van der Waals surface area contributed by atoms with Crippen molar-refractivity contribution in [3.05, 3.63) is 72.9 Å². The molecule has 6 heteroatoms. The molecule has 0 N–H and O–H groups in total. The second-order valence-corrected chi connectivity index (χ2v) is 19.6. The van der Waals surface area contributed by atoms with Crippen molar-refractivity contribution in [2.75, 3.05) is 13.2 Å². The van der Waals surface area contributed by atoms with Crippen molar-refractivity contribution in [2.24, 2.45) is 0 Å². The number of rotatable bonds is 53. The third-order valence-electron chi connectivity index (χ3n) is 12.7. The average molecular weight is 964 g/mol. The first-order valence-corrected chi connectivity index (χ1v) is 29.5. The van der Waals surface area contributed by atoms with E-state index in [0.29, 0.717) is 19.3 Å². The Bertz CT molecular complexity index is 1290. The first-order valence-electron chi connectivity index (χ1n) is 29.5. The van der Waals surface area contributed by atoms with Gasteiger partial charge in [0.1, 0.15) is 13.2 Å². The summed E-state index contributed by atoms with van der Waals surface area (Å²) in [5, 5.41) is 0. The van der Waals surface area contributed by atoms with Crippen LogP contribution in [0.1, 0.15) is 290 Å². The lowest BCUT2D eigenvalue weighted by atomic mass is 10.1. The number of ether oxygens (including phenoxy) is 3. The van der Waals surface area contributed by atoms with Gasteiger partial charge in [-0.15, -0.1) is 0 Å². The second-order valence-electron chi connectivity index (χ2n) is 19.6. The monoisotopic (exact) mass is 963 g/mol. The van der Waals surface area contributed by atoms with Gasteiger partial charge in [0.2, 0.25) is 0 Å². The minimum Gasteiger partial charge on any atom is -0.462 e. The predicted octanol–water partition coefficient (Wildman–Crippen LogP) is 19.8. The number of esters is 3. The molecule has 0 saturated heterocycles. The first-order chi connectivity index (χ1) is 34.0. The number of allylic oxidation sites excluding steroid dienone is 12. The molecule has 0 amide bonds. The fourth-order valence-electron chi connectivity index (χ4n) is 8.24. The summed E-state index contributed by atoms with van der Waals surface area (Å²) in [6.45, 7) is 6.58. The van der Waals surface area contributed by atoms with Crippen LogP contribution in [-0.4, -0.2) is 37.2 Å². The molecule has 398 valence electrons. The summed E-state index contributed by atoms with van der Waals surface area (Å²) in [6, 6.07) is 0. The van der Waals surface area contributed by atoms with Crippen molar-refractivity contribution < 1.29 is 28.6 Å². The molecule has 1 atom stereocenters. The Kier molecular flexibility index (Phi) is 54.8. The highest BCUT2D eigenvalue weighted by atomic mass is 16.6. The summed E-state index contributed by atoms with van der Waals surface area (Å²) in [6.07, 6.45) is 73.1. The summed E-state index contributed by atoms with van der Waals surface area (Å²) in [5.74, 6) is -0.925. The Morgan fingerprint density at radius 2 is 0.507 bits per heavy atom. The van der Waals surface area contributed by atoms with Gasteiger partial charge in [-0.2, -0.15) is 0 Å². The van der Waals surface area contributed by atoms with E-state index in [4.69, 9.17) is 14.2 Å². The Labute approximate surface area is 427 Å². The van der Waals surface area contributed by atoms with Gasteiger partial charge in [-0.1, -0.05) is 248 Å². The van der Waals surface area contributed by atoms with Gasteiger partial charge in [-0.25, -0.2) is 0 Å². The van der Waals surface area contributed by atoms with E-state index < -0.39 is 6.10 Å². The van der Waals surface area contributed by atoms with Gasteiger partial charge >= 0.3 is 17.9 Å². The molecule has 0 bridgehead atoms. The molecule has 0 aromatic heterocycles. The normalized spacial score (nSPS) is 12.6. The van der Waals surface area contributed by atoms with E-state index in [2.05, 4.69) is 93.7 Å². The molecule has 0 aromatic rings. The van der Waals surface area contributed by atoms with Gasteiger partial charge in [0, 0.05) is 19.3 Å². The van der Waals surface area contributed by atoms with E-state index in [1.165, 1.54) is 148 Å². The summed E-state index contributed by atoms with van der Waals surface area (Å²) in [5.41, 5.74) is 0. The molecular formula is C63H110O6. The van der Waals surface area contributed by atoms with Crippen LogP contribution in [0.4, 0.5) is 0 Å². The molecule has 0 aliphatic carbocycles. The molecule has 0 fully saturated rings. The smallest absolute Gasteiger partial charge is 0.306 e. The van der Waals surface area contributed by atoms with Gasteiger partial charge in [-0.05, 0) is 96.3 Å². The highest BCUT2D eigenvalue weighted by Crippen LogP contribution is 2.15. The summed E-state index contributed by atoms with van der Waals surface area (Å²) in [7, 11) is 0. The molecule has 0 aromatic carbocycles. The third-order valence-corrected chi connectivity index (χ3v) is 12.7. The quantitative estimate of drug-likeness (QED) is 0.0262. The number of carbonyl (C=O) groups is 3. The molecule has 6 nitrogen and oxygen atoms in total. The zero-order valence-corrected chi connectivity index (χ0v) is 45.6. The Morgan fingerprint density at radius 3 is 0.797 bits per heavy atom. The van der Waals surface area contributed by atoms with Crippen molar-refractivity contribution in [1.82, 2.24) is 0 Å². The molecule has 69 heavy (non-hydrogen) atoms. The second kappa shape index (κ2) is 57.4. The van der Waals surface area contributed by atoms with Gasteiger partial charge in [0.25, 0.3) is 0 Å². The molecule has 0 aliphatic heterocycles. The number of unbranched alkanes of at least 4 members (excludes halogenated alkanes) is 33. The van der Waals surface area contributed by atoms with Gasteiger partial charge in [0.15, 0.2) is 6.10 Å². The van der Waals surface area contributed by atoms with Crippen LogP contribution in [0, 0.1) is 0 Å². The fourth-order valence-corrected chi connectivity index (χ4v) is 8.24. The lowest BCUT2D eigenvalue weighted by Crippen LogP contribution is -2.30. The fraction of sp³-hybridized carbons (Fsp3) is 0.762. The summed E-state index contributed by atoms with van der Waals surface area (Å²) < 4.78 is 16.9. The van der Waals surface area contributed by atoms with Crippen LogP contribution < -0.4 is 0 Å². The minimum absolute atomic E-state index is 0.0927. The molecule has 1 unspecified atom stereocenters. The summed E-state index contributed by atoms with van der Waals surface area (Å²) in [4.78, 5) is 38.2. The molecule has 0 radical (unpaired) electrons. The van der Waals surface area contributed by atoms with Gasteiger partial charge in [0.05, 0.1) is 0 Å². The molecule has 0 spiro atoms. The lowest BCUT2D eigenvalue weighted by Gasteiger charge is -2.18. The maximum atomic E-state index is 12.9. The van der Waals surface area contributed by atoms with E-state index in [-0.39, 0.29) is 31.1 Å². The van der Waals surface area contributed by atoms with E-state index in [1.54, 1.807) is 0 Å². The van der Waals surface area contributed by atoms with Crippen molar-refractivity contribution in [3.63, 3.8) is 0 Å². The van der Waals surface area contributed by atoms with Crippen LogP contribution in [-0.2, 0) is 28.6 Å². The van der Waals surface area contributed by atoms with Crippen molar-refractivity contribution in [3.8, 4) is 0 Å². The molecule has 0 saturated carbocycles. The summed E-state index contributed by atoms with van der Waals surface area (Å²) >= 11 is 0. The standard InChI is InChI=1S/C63H110O6/c1-4-7-10-13-16-19-22-25-28-30-32-35-38-41-44-47-50-53-56-62(65)68-59-60(58-67-61(64)55-52-49-46-43-40-37-34-27-24-21-18-15-12-9-6-3)69-63(66)57-54-51-48-45-42-39-36-33-31-29-26-23-20-17-14-11-8-5-2/h18,21,24,27-33,35-36,60H,4-17,19-20,22-23,25-26,34,37-59H2,1-3H3/b21-18-,27-24-,30-28-,31-29-,35-32-,36-33-. The van der Waals surface area contributed by atoms with Crippen LogP contribution in [0.5, 0.6) is 0 Å². The van der Waals surface area contributed by atoms with Crippen molar-refractivity contribution >= 4 is 17.9 Å². The maximum Gasteiger partial charge on any atom is 0.306 e. The largest absolute Gasteiger partial charge is 0.462 e. The Balaban J connectivity index is 4.45. The average Bonchev–Trinajstić information content (AvgIpc) is 3.35. The maximum absolute atomic E-state index is 12.9. The molecule has 0 aliphatic rings. The van der Waals surface area contributed by atoms with E-state index in [9.17, 15) is 14.4 Å². The van der Waals surface area contributed by atoms with E-state index >= 15 is 0 Å². The number of hydrogen-bond donors (Lipinski definition) is 0. The van der Waals surface area contributed by atoms with Gasteiger partial charge in [-0.3, -0.25) is 14.4 Å². The highest BCUT2D eigenvalue weighted by Gasteiger charge is 2.19. The number of hydrogen-bond acceptors (Lipinski definition) is 6. The zero-order valence-electron chi connectivity index (χ0n) is 45.6. The van der Waals surface area contributed by atoms with Crippen molar-refractivity contribution in [1.29, 1.82) is 0 Å². The SMILES string of the molecule is CCCCC/C=C\C=C/CCCCCCCCC(=O)OCC(COC(=O)CCCCCCC/C=C\C=C/CCCCCCCCC)OC(=O)CCCCCCC/C=C\C=C/CCCCCCCCC. The zero-order chi connectivity index (χ0) is 50.0. The molecule has 0 heterocycles. The van der Waals surface area contributed by atoms with Crippen LogP contribution in [0.15, 0.2) is 72.9 Å². The Hall–Kier alpha value is -3.15. The predicted molar refractivity (Wildman–Crippen MR) is 298 cm³/mol. The van der Waals surface area contributed by atoms with Crippen molar-refractivity contribution in [2.45, 2.75) is 297 Å². The number of carbonyl (C=O) groups excluding carboxylic acids is 3. The van der Waals surface area contributed by atoms with Crippen LogP contribution in [0.2, 0.25) is 0 Å². The van der Waals surface area contributed by atoms with Gasteiger partial charge < -0.3 is 14.2 Å². The topological polar surface area (TPSA) is 78.9 Å². The lowest BCUT2D eigenvalue weighted by molar-refractivity contribution is -0.167. The Morgan fingerprint density at radius 1 is 0.290 bits per heavy atom. The molecular weight excluding hydrogens is 853 g/mol. The van der Waals surface area contributed by atoms with Crippen LogP contribution in [0.3, 0.4) is 0 Å². The first kappa shape index (κ1) is 65.8. The van der Waals surface area contributed by atoms with Crippen LogP contribution in [0.25, 0.3) is 0 Å². The highest BCUT2D eigenvalue weighted by molar-refractivity contribution is 5.71. The third kappa shape index (κ3) is 55.6. The molecule has 0 rings (SSSR count). The van der Waals surface area contributed by atoms with E-state index in [1.807, 2.05) is 0 Å². The van der Waals surface area contributed by atoms with E-state index in [0.717, 1.165) is 103 Å². The minimum atomic E-state index is -0.796. The van der Waals surface area contributed by atoms with Crippen LogP contribution >= 0.6 is 0 Å².